The van der Waals surface area contributed by atoms with Gasteiger partial charge in [-0.1, -0.05) is 38.1 Å². The molecule has 0 unspecified atom stereocenters. The normalized spacial score (nSPS) is 18.1. The maximum atomic E-state index is 12.7. The van der Waals surface area contributed by atoms with E-state index in [9.17, 15) is 14.7 Å². The highest BCUT2D eigenvalue weighted by atomic mass is 16.5. The third-order valence-corrected chi connectivity index (χ3v) is 4.96. The van der Waals surface area contributed by atoms with Crippen molar-refractivity contribution >= 4 is 11.9 Å². The van der Waals surface area contributed by atoms with Crippen LogP contribution in [0.25, 0.3) is 0 Å². The lowest BCUT2D eigenvalue weighted by atomic mass is 9.90. The molecule has 0 aliphatic carbocycles. The number of carbonyl (C=O) groups excluding carboxylic acids is 2. The number of benzene rings is 1. The van der Waals surface area contributed by atoms with E-state index in [-0.39, 0.29) is 24.7 Å². The van der Waals surface area contributed by atoms with E-state index in [0.717, 1.165) is 12.0 Å². The number of hydrogen-bond donors (Lipinski definition) is 1. The predicted octanol–water partition coefficient (Wildman–Crippen LogP) is 2.52. The van der Waals surface area contributed by atoms with Crippen LogP contribution in [0.1, 0.15) is 50.7 Å². The lowest BCUT2D eigenvalue weighted by Crippen LogP contribution is -2.52. The summed E-state index contributed by atoms with van der Waals surface area (Å²) < 4.78 is 4.65. The van der Waals surface area contributed by atoms with Gasteiger partial charge in [0.05, 0.1) is 13.0 Å². The first-order chi connectivity index (χ1) is 11.8. The highest BCUT2D eigenvalue weighted by Gasteiger charge is 2.41. The quantitative estimate of drug-likeness (QED) is 0.831. The summed E-state index contributed by atoms with van der Waals surface area (Å²) in [5.41, 5.74) is 0.804. The fourth-order valence-corrected chi connectivity index (χ4v) is 3.32. The van der Waals surface area contributed by atoms with Gasteiger partial charge in [0.25, 0.3) is 0 Å². The average molecular weight is 347 g/mol. The second-order valence-electron chi connectivity index (χ2n) is 7.41. The number of amides is 1. The van der Waals surface area contributed by atoms with Gasteiger partial charge >= 0.3 is 5.97 Å². The first kappa shape index (κ1) is 19.4. The molecule has 138 valence electrons. The van der Waals surface area contributed by atoms with Crippen molar-refractivity contribution < 1.29 is 19.4 Å². The molecule has 0 spiro atoms. The van der Waals surface area contributed by atoms with Crippen molar-refractivity contribution in [2.75, 3.05) is 20.2 Å². The molecule has 1 amide bonds. The fourth-order valence-electron chi connectivity index (χ4n) is 3.32. The van der Waals surface area contributed by atoms with E-state index in [1.165, 1.54) is 12.7 Å². The largest absolute Gasteiger partial charge is 0.467 e. The van der Waals surface area contributed by atoms with Gasteiger partial charge in [0.2, 0.25) is 5.91 Å². The van der Waals surface area contributed by atoms with Gasteiger partial charge in [-0.2, -0.15) is 0 Å². The second kappa shape index (κ2) is 8.00. The Labute approximate surface area is 150 Å². The number of esters is 1. The number of carbonyl (C=O) groups is 2. The minimum Gasteiger partial charge on any atom is -0.467 e. The number of nitrogens with zero attached hydrogens (tertiary/aromatic N) is 1. The molecular weight excluding hydrogens is 318 g/mol. The highest BCUT2D eigenvalue weighted by molar-refractivity contribution is 5.84. The number of piperidine rings is 1. The Morgan fingerprint density at radius 3 is 2.20 bits per heavy atom. The van der Waals surface area contributed by atoms with Gasteiger partial charge < -0.3 is 14.7 Å². The molecule has 1 aliphatic heterocycles. The second-order valence-corrected chi connectivity index (χ2v) is 7.41. The van der Waals surface area contributed by atoms with E-state index in [4.69, 9.17) is 0 Å². The number of methoxy groups -OCH3 is 1. The molecule has 1 aliphatic rings. The Morgan fingerprint density at radius 1 is 1.16 bits per heavy atom. The first-order valence-corrected chi connectivity index (χ1v) is 8.95. The molecular formula is C20H29NO4. The molecule has 1 N–H and O–H groups in total. The van der Waals surface area contributed by atoms with Gasteiger partial charge in [0.1, 0.15) is 0 Å². The van der Waals surface area contributed by atoms with E-state index in [2.05, 4.69) is 30.7 Å². The summed E-state index contributed by atoms with van der Waals surface area (Å²) in [7, 11) is 1.27. The van der Waals surface area contributed by atoms with Crippen molar-refractivity contribution in [3.63, 3.8) is 0 Å². The summed E-state index contributed by atoms with van der Waals surface area (Å²) >= 11 is 0. The van der Waals surface area contributed by atoms with Crippen LogP contribution >= 0.6 is 0 Å². The van der Waals surface area contributed by atoms with Gasteiger partial charge in [-0.3, -0.25) is 4.79 Å². The Hall–Kier alpha value is -1.88. The highest BCUT2D eigenvalue weighted by Crippen LogP contribution is 2.27. The Morgan fingerprint density at radius 2 is 1.72 bits per heavy atom. The van der Waals surface area contributed by atoms with E-state index < -0.39 is 11.6 Å². The van der Waals surface area contributed by atoms with Crippen LogP contribution in [-0.2, 0) is 20.7 Å². The third kappa shape index (κ3) is 4.60. The minimum atomic E-state index is -1.47. The van der Waals surface area contributed by atoms with Crippen LogP contribution in [0.5, 0.6) is 0 Å². The molecule has 0 aromatic heterocycles. The standard InChI is InChI=1S/C20H29NO4/c1-14(2)13-16-5-7-17(8-6-16)15(3)18(22)21-11-9-20(24,10-12-21)19(23)25-4/h5-8,14-15,24H,9-13H2,1-4H3/t15-/m0/s1. The summed E-state index contributed by atoms with van der Waals surface area (Å²) in [6.45, 7) is 7.00. The van der Waals surface area contributed by atoms with E-state index >= 15 is 0 Å². The lowest BCUT2D eigenvalue weighted by molar-refractivity contribution is -0.169. The maximum Gasteiger partial charge on any atom is 0.337 e. The van der Waals surface area contributed by atoms with Crippen molar-refractivity contribution in [3.05, 3.63) is 35.4 Å². The van der Waals surface area contributed by atoms with Crippen LogP contribution in [0, 0.1) is 5.92 Å². The minimum absolute atomic E-state index is 0.0310. The molecule has 2 rings (SSSR count). The zero-order chi connectivity index (χ0) is 18.6. The predicted molar refractivity (Wildman–Crippen MR) is 96.2 cm³/mol. The van der Waals surface area contributed by atoms with E-state index in [0.29, 0.717) is 19.0 Å². The molecule has 25 heavy (non-hydrogen) atoms. The Balaban J connectivity index is 1.98. The summed E-state index contributed by atoms with van der Waals surface area (Å²) in [4.78, 5) is 26.1. The average Bonchev–Trinajstić information content (AvgIpc) is 2.60. The zero-order valence-electron chi connectivity index (χ0n) is 15.6. The van der Waals surface area contributed by atoms with Gasteiger partial charge in [-0.05, 0) is 30.4 Å². The number of ether oxygens (including phenoxy) is 1. The molecule has 1 atom stereocenters. The summed E-state index contributed by atoms with van der Waals surface area (Å²) in [6, 6.07) is 8.22. The van der Waals surface area contributed by atoms with Crippen LogP contribution in [0.2, 0.25) is 0 Å². The number of likely N-dealkylation sites (tertiary alicyclic amines) is 1. The van der Waals surface area contributed by atoms with Crippen molar-refractivity contribution in [1.82, 2.24) is 4.90 Å². The topological polar surface area (TPSA) is 66.8 Å². The van der Waals surface area contributed by atoms with Crippen LogP contribution < -0.4 is 0 Å². The molecule has 5 nitrogen and oxygen atoms in total. The van der Waals surface area contributed by atoms with E-state index in [1.807, 2.05) is 19.1 Å². The van der Waals surface area contributed by atoms with Crippen LogP contribution in [0.15, 0.2) is 24.3 Å². The van der Waals surface area contributed by atoms with Crippen molar-refractivity contribution in [2.45, 2.75) is 51.6 Å². The molecule has 1 saturated heterocycles. The number of hydrogen-bond acceptors (Lipinski definition) is 4. The van der Waals surface area contributed by atoms with Crippen LogP contribution in [0.3, 0.4) is 0 Å². The lowest BCUT2D eigenvalue weighted by Gasteiger charge is -2.37. The Bertz CT molecular complexity index is 601. The van der Waals surface area contributed by atoms with Gasteiger partial charge in [-0.15, -0.1) is 0 Å². The molecule has 0 radical (unpaired) electrons. The molecule has 1 heterocycles. The summed E-state index contributed by atoms with van der Waals surface area (Å²) in [6.07, 6.45) is 1.46. The molecule has 1 aromatic rings. The maximum absolute atomic E-state index is 12.7. The monoisotopic (exact) mass is 347 g/mol. The smallest absolute Gasteiger partial charge is 0.337 e. The first-order valence-electron chi connectivity index (χ1n) is 8.95. The van der Waals surface area contributed by atoms with Gasteiger partial charge in [-0.25, -0.2) is 4.79 Å². The summed E-state index contributed by atoms with van der Waals surface area (Å²) in [5.74, 6) is -0.221. The molecule has 1 fully saturated rings. The molecule has 0 bridgehead atoms. The van der Waals surface area contributed by atoms with Crippen molar-refractivity contribution in [3.8, 4) is 0 Å². The Kier molecular flexibility index (Phi) is 6.22. The SMILES string of the molecule is COC(=O)C1(O)CCN(C(=O)[C@@H](C)c2ccc(CC(C)C)cc2)CC1. The van der Waals surface area contributed by atoms with Crippen LogP contribution in [0.4, 0.5) is 0 Å². The number of rotatable bonds is 5. The number of aliphatic hydroxyl groups is 1. The van der Waals surface area contributed by atoms with Crippen molar-refractivity contribution in [2.24, 2.45) is 5.92 Å². The summed E-state index contributed by atoms with van der Waals surface area (Å²) in [5, 5.41) is 10.3. The zero-order valence-corrected chi connectivity index (χ0v) is 15.6. The fraction of sp³-hybridized carbons (Fsp3) is 0.600. The van der Waals surface area contributed by atoms with Gasteiger partial charge in [0.15, 0.2) is 5.60 Å². The third-order valence-electron chi connectivity index (χ3n) is 4.96. The van der Waals surface area contributed by atoms with Gasteiger partial charge in [0, 0.05) is 25.9 Å². The van der Waals surface area contributed by atoms with E-state index in [1.54, 1.807) is 4.90 Å². The van der Waals surface area contributed by atoms with Crippen LogP contribution in [-0.4, -0.2) is 47.7 Å². The van der Waals surface area contributed by atoms with Crippen molar-refractivity contribution in [1.29, 1.82) is 0 Å². The molecule has 5 heteroatoms. The molecule has 1 aromatic carbocycles. The molecule has 0 saturated carbocycles.